The van der Waals surface area contributed by atoms with Gasteiger partial charge in [-0.3, -0.25) is 0 Å². The normalized spacial score (nSPS) is 10.7. The molecule has 0 unspecified atom stereocenters. The highest BCUT2D eigenvalue weighted by Crippen LogP contribution is 2.23. The van der Waals surface area contributed by atoms with Crippen molar-refractivity contribution in [1.82, 2.24) is 15.3 Å². The van der Waals surface area contributed by atoms with Gasteiger partial charge in [0.2, 0.25) is 0 Å². The molecular formula is C11H11BrFN3. The Labute approximate surface area is 101 Å². The fraction of sp³-hybridized carbons (Fsp3) is 0.182. The van der Waals surface area contributed by atoms with E-state index in [9.17, 15) is 4.39 Å². The maximum atomic E-state index is 13.5. The molecule has 0 bridgehead atoms. The summed E-state index contributed by atoms with van der Waals surface area (Å²) >= 11 is 3.34. The second-order valence-corrected chi connectivity index (χ2v) is 4.12. The highest BCUT2D eigenvalue weighted by Gasteiger charge is 2.11. The quantitative estimate of drug-likeness (QED) is 0.909. The molecule has 0 saturated carbocycles. The highest BCUT2D eigenvalue weighted by atomic mass is 79.9. The second-order valence-electron chi connectivity index (χ2n) is 3.36. The van der Waals surface area contributed by atoms with Crippen molar-refractivity contribution in [2.75, 3.05) is 7.05 Å². The molecule has 0 aliphatic heterocycles. The fourth-order valence-corrected chi connectivity index (χ4v) is 1.88. The van der Waals surface area contributed by atoms with Crippen LogP contribution in [-0.4, -0.2) is 17.0 Å². The minimum Gasteiger partial charge on any atom is -0.340 e. The third-order valence-electron chi connectivity index (χ3n) is 2.21. The van der Waals surface area contributed by atoms with Gasteiger partial charge in [-0.25, -0.2) is 9.37 Å². The number of halogens is 2. The number of aromatic nitrogens is 2. The van der Waals surface area contributed by atoms with Gasteiger partial charge in [0.1, 0.15) is 16.2 Å². The lowest BCUT2D eigenvalue weighted by Gasteiger charge is -1.98. The summed E-state index contributed by atoms with van der Waals surface area (Å²) in [5.74, 6) is 0.259. The van der Waals surface area contributed by atoms with Gasteiger partial charge in [-0.15, -0.1) is 0 Å². The Morgan fingerprint density at radius 2 is 2.19 bits per heavy atom. The molecule has 0 atom stereocenters. The summed E-state index contributed by atoms with van der Waals surface area (Å²) in [5, 5.41) is 3.01. The van der Waals surface area contributed by atoms with Crippen LogP contribution in [-0.2, 0) is 6.54 Å². The molecule has 3 nitrogen and oxygen atoms in total. The van der Waals surface area contributed by atoms with Crippen LogP contribution in [0.4, 0.5) is 4.39 Å². The molecule has 0 fully saturated rings. The fourth-order valence-electron chi connectivity index (χ4n) is 1.46. The van der Waals surface area contributed by atoms with Crippen molar-refractivity contribution in [3.8, 4) is 11.4 Å². The van der Waals surface area contributed by atoms with Crippen molar-refractivity contribution in [1.29, 1.82) is 0 Å². The third-order valence-corrected chi connectivity index (χ3v) is 2.87. The molecule has 0 aliphatic carbocycles. The van der Waals surface area contributed by atoms with Crippen molar-refractivity contribution in [3.05, 3.63) is 40.4 Å². The Bertz CT molecular complexity index is 496. The number of rotatable bonds is 3. The van der Waals surface area contributed by atoms with Crippen LogP contribution in [0.2, 0.25) is 0 Å². The lowest BCUT2D eigenvalue weighted by Crippen LogP contribution is -2.05. The SMILES string of the molecule is CNCc1[nH]c(-c2ccccc2F)nc1Br. The predicted octanol–water partition coefficient (Wildman–Crippen LogP) is 2.70. The third kappa shape index (κ3) is 2.15. The van der Waals surface area contributed by atoms with Crippen LogP contribution in [0.5, 0.6) is 0 Å². The lowest BCUT2D eigenvalue weighted by atomic mass is 10.2. The van der Waals surface area contributed by atoms with Crippen LogP contribution in [0.3, 0.4) is 0 Å². The molecule has 84 valence electrons. The number of imidazole rings is 1. The average Bonchev–Trinajstić information content (AvgIpc) is 2.61. The van der Waals surface area contributed by atoms with Crippen LogP contribution in [0, 0.1) is 5.82 Å². The van der Waals surface area contributed by atoms with E-state index in [0.717, 1.165) is 5.69 Å². The number of hydrogen-bond donors (Lipinski definition) is 2. The number of nitrogens with one attached hydrogen (secondary N) is 2. The maximum absolute atomic E-state index is 13.5. The summed E-state index contributed by atoms with van der Waals surface area (Å²) in [6.45, 7) is 0.655. The van der Waals surface area contributed by atoms with Crippen LogP contribution in [0.25, 0.3) is 11.4 Å². The topological polar surface area (TPSA) is 40.7 Å². The first kappa shape index (κ1) is 11.3. The number of hydrogen-bond acceptors (Lipinski definition) is 2. The Balaban J connectivity index is 2.42. The monoisotopic (exact) mass is 283 g/mol. The highest BCUT2D eigenvalue weighted by molar-refractivity contribution is 9.10. The van der Waals surface area contributed by atoms with Crippen LogP contribution in [0.15, 0.2) is 28.9 Å². The number of H-pyrrole nitrogens is 1. The molecule has 0 radical (unpaired) electrons. The summed E-state index contributed by atoms with van der Waals surface area (Å²) in [7, 11) is 1.84. The van der Waals surface area contributed by atoms with Gasteiger partial charge < -0.3 is 10.3 Å². The molecule has 1 aromatic heterocycles. The molecular weight excluding hydrogens is 273 g/mol. The Hall–Kier alpha value is -1.20. The van der Waals surface area contributed by atoms with E-state index in [2.05, 4.69) is 31.2 Å². The molecule has 0 saturated heterocycles. The molecule has 1 aromatic carbocycles. The number of nitrogens with zero attached hydrogens (tertiary/aromatic N) is 1. The first-order chi connectivity index (χ1) is 7.72. The molecule has 16 heavy (non-hydrogen) atoms. The lowest BCUT2D eigenvalue weighted by molar-refractivity contribution is 0.630. The zero-order valence-electron chi connectivity index (χ0n) is 8.72. The number of benzene rings is 1. The molecule has 2 N–H and O–H groups in total. The first-order valence-corrected chi connectivity index (χ1v) is 5.65. The van der Waals surface area contributed by atoms with E-state index in [1.54, 1.807) is 18.2 Å². The minimum atomic E-state index is -0.278. The van der Waals surface area contributed by atoms with E-state index in [1.165, 1.54) is 6.07 Å². The van der Waals surface area contributed by atoms with Gasteiger partial charge in [0.25, 0.3) is 0 Å². The molecule has 5 heteroatoms. The largest absolute Gasteiger partial charge is 0.340 e. The predicted molar refractivity (Wildman–Crippen MR) is 64.4 cm³/mol. The summed E-state index contributed by atoms with van der Waals surface area (Å²) in [6, 6.07) is 6.56. The van der Waals surface area contributed by atoms with Crippen molar-refractivity contribution in [2.24, 2.45) is 0 Å². The molecule has 0 aliphatic rings. The summed E-state index contributed by atoms with van der Waals surface area (Å²) in [6.07, 6.45) is 0. The maximum Gasteiger partial charge on any atom is 0.141 e. The number of aromatic amines is 1. The summed E-state index contributed by atoms with van der Waals surface area (Å²) < 4.78 is 14.2. The van der Waals surface area contributed by atoms with Gasteiger partial charge in [0, 0.05) is 6.54 Å². The minimum absolute atomic E-state index is 0.278. The van der Waals surface area contributed by atoms with E-state index in [0.29, 0.717) is 22.5 Å². The second kappa shape index (κ2) is 4.76. The van der Waals surface area contributed by atoms with E-state index < -0.39 is 0 Å². The van der Waals surface area contributed by atoms with Gasteiger partial charge in [0.15, 0.2) is 0 Å². The first-order valence-electron chi connectivity index (χ1n) is 4.86. The van der Waals surface area contributed by atoms with Gasteiger partial charge in [-0.2, -0.15) is 0 Å². The van der Waals surface area contributed by atoms with Gasteiger partial charge >= 0.3 is 0 Å². The van der Waals surface area contributed by atoms with E-state index in [4.69, 9.17) is 0 Å². The zero-order chi connectivity index (χ0) is 11.5. The summed E-state index contributed by atoms with van der Waals surface area (Å²) in [5.41, 5.74) is 1.38. The molecule has 0 amide bonds. The van der Waals surface area contributed by atoms with E-state index in [-0.39, 0.29) is 5.82 Å². The van der Waals surface area contributed by atoms with Crippen molar-refractivity contribution in [3.63, 3.8) is 0 Å². The molecule has 0 spiro atoms. The molecule has 2 aromatic rings. The zero-order valence-corrected chi connectivity index (χ0v) is 10.3. The van der Waals surface area contributed by atoms with Crippen molar-refractivity contribution < 1.29 is 4.39 Å². The van der Waals surface area contributed by atoms with Crippen LogP contribution in [0.1, 0.15) is 5.69 Å². The van der Waals surface area contributed by atoms with Gasteiger partial charge in [-0.05, 0) is 35.1 Å². The Morgan fingerprint density at radius 3 is 2.88 bits per heavy atom. The smallest absolute Gasteiger partial charge is 0.141 e. The van der Waals surface area contributed by atoms with Crippen LogP contribution < -0.4 is 5.32 Å². The molecule has 1 heterocycles. The Morgan fingerprint density at radius 1 is 1.44 bits per heavy atom. The van der Waals surface area contributed by atoms with E-state index in [1.807, 2.05) is 7.05 Å². The standard InChI is InChI=1S/C11H11BrFN3/c1-14-6-9-10(12)16-11(15-9)7-4-2-3-5-8(7)13/h2-5,14H,6H2,1H3,(H,15,16). The summed E-state index contributed by atoms with van der Waals surface area (Å²) in [4.78, 5) is 7.32. The van der Waals surface area contributed by atoms with Gasteiger partial charge in [-0.1, -0.05) is 12.1 Å². The van der Waals surface area contributed by atoms with Gasteiger partial charge in [0.05, 0.1) is 11.3 Å². The average molecular weight is 284 g/mol. The Kier molecular flexibility index (Phi) is 3.36. The molecule has 2 rings (SSSR count). The van der Waals surface area contributed by atoms with Crippen molar-refractivity contribution in [2.45, 2.75) is 6.54 Å². The van der Waals surface area contributed by atoms with E-state index >= 15 is 0 Å². The van der Waals surface area contributed by atoms with Crippen LogP contribution >= 0.6 is 15.9 Å². The van der Waals surface area contributed by atoms with Crippen molar-refractivity contribution >= 4 is 15.9 Å².